The summed E-state index contributed by atoms with van der Waals surface area (Å²) in [6.45, 7) is 3.47. The Hall–Kier alpha value is -1.48. The highest BCUT2D eigenvalue weighted by atomic mass is 15.1. The minimum atomic E-state index is 0.885. The number of aromatic amines is 1. The first kappa shape index (κ1) is 10.7. The maximum Gasteiger partial charge on any atom is 0.0478 e. The van der Waals surface area contributed by atoms with Crippen LogP contribution in [0.1, 0.15) is 24.8 Å². The van der Waals surface area contributed by atoms with Gasteiger partial charge in [0.05, 0.1) is 0 Å². The first-order valence-electron chi connectivity index (χ1n) is 6.41. The molecule has 1 aromatic carbocycles. The smallest absolute Gasteiger partial charge is 0.0478 e. The van der Waals surface area contributed by atoms with Crippen molar-refractivity contribution in [3.8, 4) is 0 Å². The summed E-state index contributed by atoms with van der Waals surface area (Å²) in [5.41, 5.74) is 9.44. The number of likely N-dealkylation sites (tertiary alicyclic amines) is 1. The van der Waals surface area contributed by atoms with Crippen molar-refractivity contribution in [2.24, 2.45) is 0 Å². The highest BCUT2D eigenvalue weighted by molar-refractivity contribution is 5.93. The number of nitrogens with zero attached hydrogens (tertiary/aromatic N) is 1. The second-order valence-electron chi connectivity index (χ2n) is 4.92. The van der Waals surface area contributed by atoms with E-state index in [1.54, 1.807) is 0 Å². The van der Waals surface area contributed by atoms with E-state index in [0.717, 1.165) is 17.7 Å². The Kier molecular flexibility index (Phi) is 2.77. The van der Waals surface area contributed by atoms with Gasteiger partial charge in [-0.25, -0.2) is 0 Å². The molecular formula is C14H19N3. The molecule has 0 amide bonds. The van der Waals surface area contributed by atoms with Crippen LogP contribution in [0.3, 0.4) is 0 Å². The normalized spacial score (nSPS) is 17.6. The summed E-state index contributed by atoms with van der Waals surface area (Å²) in [6, 6.07) is 6.07. The molecule has 3 heteroatoms. The largest absolute Gasteiger partial charge is 0.398 e. The van der Waals surface area contributed by atoms with E-state index in [1.165, 1.54) is 43.3 Å². The van der Waals surface area contributed by atoms with Crippen LogP contribution in [0.5, 0.6) is 0 Å². The average molecular weight is 229 g/mol. The molecule has 3 nitrogen and oxygen atoms in total. The summed E-state index contributed by atoms with van der Waals surface area (Å²) < 4.78 is 0. The van der Waals surface area contributed by atoms with Crippen LogP contribution < -0.4 is 5.73 Å². The molecule has 90 valence electrons. The molecule has 3 N–H and O–H groups in total. The number of nitrogens with two attached hydrogens (primary N) is 1. The third kappa shape index (κ3) is 2.03. The zero-order chi connectivity index (χ0) is 11.7. The van der Waals surface area contributed by atoms with Crippen LogP contribution in [-0.4, -0.2) is 23.0 Å². The highest BCUT2D eigenvalue weighted by Crippen LogP contribution is 2.26. The summed E-state index contributed by atoms with van der Waals surface area (Å²) in [6.07, 6.45) is 6.15. The Morgan fingerprint density at radius 1 is 1.18 bits per heavy atom. The maximum atomic E-state index is 6.07. The molecule has 0 spiro atoms. The van der Waals surface area contributed by atoms with E-state index in [-0.39, 0.29) is 0 Å². The lowest BCUT2D eigenvalue weighted by Gasteiger charge is -2.26. The molecular weight excluding hydrogens is 210 g/mol. The van der Waals surface area contributed by atoms with E-state index >= 15 is 0 Å². The lowest BCUT2D eigenvalue weighted by molar-refractivity contribution is 0.221. The van der Waals surface area contributed by atoms with Gasteiger partial charge in [0.25, 0.3) is 0 Å². The van der Waals surface area contributed by atoms with Crippen LogP contribution >= 0.6 is 0 Å². The van der Waals surface area contributed by atoms with Crippen molar-refractivity contribution in [1.29, 1.82) is 0 Å². The summed E-state index contributed by atoms with van der Waals surface area (Å²) in [4.78, 5) is 5.84. The standard InChI is InChI=1S/C14H19N3/c15-12-5-4-6-13-14(12)11(9-16-13)10-17-7-2-1-3-8-17/h4-6,9,16H,1-3,7-8,10,15H2. The maximum absolute atomic E-state index is 6.07. The molecule has 0 unspecified atom stereocenters. The third-order valence-corrected chi connectivity index (χ3v) is 3.66. The minimum Gasteiger partial charge on any atom is -0.398 e. The number of nitrogens with one attached hydrogen (secondary N) is 1. The molecule has 17 heavy (non-hydrogen) atoms. The topological polar surface area (TPSA) is 45.1 Å². The number of hydrogen-bond donors (Lipinski definition) is 2. The van der Waals surface area contributed by atoms with Gasteiger partial charge in [-0.1, -0.05) is 12.5 Å². The van der Waals surface area contributed by atoms with Gasteiger partial charge in [-0.2, -0.15) is 0 Å². The Labute approximate surface area is 102 Å². The van der Waals surface area contributed by atoms with Gasteiger partial charge in [0.2, 0.25) is 0 Å². The second-order valence-corrected chi connectivity index (χ2v) is 4.92. The van der Waals surface area contributed by atoms with E-state index in [4.69, 9.17) is 5.73 Å². The molecule has 1 aliphatic heterocycles. The van der Waals surface area contributed by atoms with Gasteiger partial charge in [0, 0.05) is 29.3 Å². The first-order chi connectivity index (χ1) is 8.34. The van der Waals surface area contributed by atoms with Crippen molar-refractivity contribution in [3.63, 3.8) is 0 Å². The van der Waals surface area contributed by atoms with Crippen molar-refractivity contribution in [3.05, 3.63) is 30.0 Å². The van der Waals surface area contributed by atoms with Crippen LogP contribution in [0.15, 0.2) is 24.4 Å². The molecule has 0 radical (unpaired) electrons. The Morgan fingerprint density at radius 2 is 2.00 bits per heavy atom. The predicted octanol–water partition coefficient (Wildman–Crippen LogP) is 2.74. The van der Waals surface area contributed by atoms with E-state index in [9.17, 15) is 0 Å². The van der Waals surface area contributed by atoms with Gasteiger partial charge in [-0.05, 0) is 43.6 Å². The highest BCUT2D eigenvalue weighted by Gasteiger charge is 2.13. The van der Waals surface area contributed by atoms with Crippen molar-refractivity contribution in [2.75, 3.05) is 18.8 Å². The fourth-order valence-electron chi connectivity index (χ4n) is 2.77. The lowest BCUT2D eigenvalue weighted by atomic mass is 10.1. The van der Waals surface area contributed by atoms with E-state index in [1.807, 2.05) is 12.1 Å². The second kappa shape index (κ2) is 4.41. The molecule has 1 aromatic heterocycles. The zero-order valence-electron chi connectivity index (χ0n) is 10.1. The average Bonchev–Trinajstić information content (AvgIpc) is 2.75. The van der Waals surface area contributed by atoms with Crippen molar-refractivity contribution < 1.29 is 0 Å². The van der Waals surface area contributed by atoms with Gasteiger partial charge < -0.3 is 10.7 Å². The summed E-state index contributed by atoms with van der Waals surface area (Å²) >= 11 is 0. The fourth-order valence-corrected chi connectivity index (χ4v) is 2.77. The Bertz CT molecular complexity index is 509. The monoisotopic (exact) mass is 229 g/mol. The van der Waals surface area contributed by atoms with Crippen molar-refractivity contribution in [1.82, 2.24) is 9.88 Å². The lowest BCUT2D eigenvalue weighted by Crippen LogP contribution is -2.28. The summed E-state index contributed by atoms with van der Waals surface area (Å²) in [5.74, 6) is 0. The van der Waals surface area contributed by atoms with Gasteiger partial charge in [-0.3, -0.25) is 4.90 Å². The Balaban J connectivity index is 1.89. The SMILES string of the molecule is Nc1cccc2[nH]cc(CN3CCCCC3)c12. The molecule has 1 saturated heterocycles. The molecule has 0 saturated carbocycles. The molecule has 0 bridgehead atoms. The summed E-state index contributed by atoms with van der Waals surface area (Å²) in [7, 11) is 0. The number of rotatable bonds is 2. The minimum absolute atomic E-state index is 0.885. The zero-order valence-corrected chi connectivity index (χ0v) is 10.1. The first-order valence-corrected chi connectivity index (χ1v) is 6.41. The molecule has 0 atom stereocenters. The molecule has 0 aliphatic carbocycles. The van der Waals surface area contributed by atoms with Gasteiger partial charge in [0.1, 0.15) is 0 Å². The van der Waals surface area contributed by atoms with Crippen molar-refractivity contribution >= 4 is 16.6 Å². The summed E-state index contributed by atoms with van der Waals surface area (Å²) in [5, 5.41) is 1.21. The number of H-pyrrole nitrogens is 1. The van der Waals surface area contributed by atoms with Gasteiger partial charge >= 0.3 is 0 Å². The number of aromatic nitrogens is 1. The molecule has 3 rings (SSSR count). The van der Waals surface area contributed by atoms with E-state index < -0.39 is 0 Å². The number of anilines is 1. The number of piperidine rings is 1. The molecule has 1 aliphatic rings. The number of hydrogen-bond acceptors (Lipinski definition) is 2. The van der Waals surface area contributed by atoms with Gasteiger partial charge in [-0.15, -0.1) is 0 Å². The number of benzene rings is 1. The van der Waals surface area contributed by atoms with Crippen LogP contribution in [0.25, 0.3) is 10.9 Å². The van der Waals surface area contributed by atoms with Crippen molar-refractivity contribution in [2.45, 2.75) is 25.8 Å². The predicted molar refractivity (Wildman–Crippen MR) is 71.8 cm³/mol. The van der Waals surface area contributed by atoms with Crippen LogP contribution in [-0.2, 0) is 6.54 Å². The fraction of sp³-hybridized carbons (Fsp3) is 0.429. The van der Waals surface area contributed by atoms with Crippen LogP contribution in [0.4, 0.5) is 5.69 Å². The number of fused-ring (bicyclic) bond motifs is 1. The number of nitrogen functional groups attached to an aromatic ring is 1. The quantitative estimate of drug-likeness (QED) is 0.778. The molecule has 1 fully saturated rings. The van der Waals surface area contributed by atoms with E-state index in [0.29, 0.717) is 0 Å². The van der Waals surface area contributed by atoms with Crippen LogP contribution in [0.2, 0.25) is 0 Å². The van der Waals surface area contributed by atoms with Gasteiger partial charge in [0.15, 0.2) is 0 Å². The molecule has 2 aromatic rings. The molecule has 2 heterocycles. The van der Waals surface area contributed by atoms with Crippen LogP contribution in [0, 0.1) is 0 Å². The Morgan fingerprint density at radius 3 is 2.82 bits per heavy atom. The third-order valence-electron chi connectivity index (χ3n) is 3.66. The van der Waals surface area contributed by atoms with E-state index in [2.05, 4.69) is 22.1 Å².